The number of alkyl halides is 2. The summed E-state index contributed by atoms with van der Waals surface area (Å²) in [5, 5.41) is 4.21. The lowest BCUT2D eigenvalue weighted by Crippen LogP contribution is -2.24. The van der Waals surface area contributed by atoms with Gasteiger partial charge in [0, 0.05) is 26.4 Å². The SMILES string of the molecule is CN(Cc1ccn(C)n1)C(=O)/C=C\c1ccc(OC(F)F)cc1. The van der Waals surface area contributed by atoms with Crippen LogP contribution in [-0.2, 0) is 18.4 Å². The van der Waals surface area contributed by atoms with Crippen molar-refractivity contribution in [3.63, 3.8) is 0 Å². The third-order valence-electron chi connectivity index (χ3n) is 3.07. The normalized spacial score (nSPS) is 11.2. The molecular weight excluding hydrogens is 304 g/mol. The minimum absolute atomic E-state index is 0.0794. The van der Waals surface area contributed by atoms with Gasteiger partial charge in [-0.3, -0.25) is 9.48 Å². The van der Waals surface area contributed by atoms with E-state index in [1.54, 1.807) is 29.9 Å². The molecule has 0 saturated carbocycles. The Morgan fingerprint density at radius 2 is 2.04 bits per heavy atom. The quantitative estimate of drug-likeness (QED) is 0.769. The van der Waals surface area contributed by atoms with Crippen molar-refractivity contribution in [3.8, 4) is 5.75 Å². The third-order valence-corrected chi connectivity index (χ3v) is 3.07. The summed E-state index contributed by atoms with van der Waals surface area (Å²) in [6, 6.07) is 7.89. The topological polar surface area (TPSA) is 47.4 Å². The molecule has 0 saturated heterocycles. The number of benzene rings is 1. The molecular formula is C16H17F2N3O2. The summed E-state index contributed by atoms with van der Waals surface area (Å²) in [4.78, 5) is 13.6. The van der Waals surface area contributed by atoms with Crippen LogP contribution in [0.5, 0.6) is 5.75 Å². The van der Waals surface area contributed by atoms with Crippen molar-refractivity contribution in [2.45, 2.75) is 13.2 Å². The summed E-state index contributed by atoms with van der Waals surface area (Å²) in [6.45, 7) is -2.44. The van der Waals surface area contributed by atoms with Gasteiger partial charge in [-0.05, 0) is 29.8 Å². The number of ether oxygens (including phenoxy) is 1. The van der Waals surface area contributed by atoms with Crippen LogP contribution in [0, 0.1) is 0 Å². The standard InChI is InChI=1S/C16H17F2N3O2/c1-20(11-13-9-10-21(2)19-13)15(22)8-5-12-3-6-14(7-4-12)23-16(17)18/h3-10,16H,11H2,1-2H3/b8-5-. The predicted octanol–water partition coefficient (Wildman–Crippen LogP) is 2.69. The molecule has 0 N–H and O–H groups in total. The Morgan fingerprint density at radius 1 is 1.35 bits per heavy atom. The maximum absolute atomic E-state index is 12.1. The number of nitrogens with zero attached hydrogens (tertiary/aromatic N) is 3. The molecule has 1 amide bonds. The van der Waals surface area contributed by atoms with E-state index in [2.05, 4.69) is 9.84 Å². The van der Waals surface area contributed by atoms with E-state index < -0.39 is 6.61 Å². The highest BCUT2D eigenvalue weighted by atomic mass is 19.3. The van der Waals surface area contributed by atoms with Crippen molar-refractivity contribution in [1.82, 2.24) is 14.7 Å². The van der Waals surface area contributed by atoms with Crippen molar-refractivity contribution in [2.75, 3.05) is 7.05 Å². The third kappa shape index (κ3) is 5.21. The number of carbonyl (C=O) groups excluding carboxylic acids is 1. The van der Waals surface area contributed by atoms with Crippen molar-refractivity contribution >= 4 is 12.0 Å². The first-order valence-electron chi connectivity index (χ1n) is 6.90. The number of amides is 1. The maximum Gasteiger partial charge on any atom is 0.387 e. The van der Waals surface area contributed by atoms with Crippen molar-refractivity contribution in [1.29, 1.82) is 0 Å². The summed E-state index contributed by atoms with van der Waals surface area (Å²) < 4.78 is 30.0. The first-order valence-corrected chi connectivity index (χ1v) is 6.90. The number of carbonyl (C=O) groups is 1. The Hall–Kier alpha value is -2.70. The molecule has 1 aromatic carbocycles. The molecule has 1 heterocycles. The second-order valence-corrected chi connectivity index (χ2v) is 4.96. The second kappa shape index (κ2) is 7.53. The summed E-state index contributed by atoms with van der Waals surface area (Å²) in [5.41, 5.74) is 1.51. The van der Waals surface area contributed by atoms with E-state index in [0.717, 1.165) is 5.69 Å². The predicted molar refractivity (Wildman–Crippen MR) is 81.8 cm³/mol. The van der Waals surface area contributed by atoms with Gasteiger partial charge in [0.1, 0.15) is 5.75 Å². The Balaban J connectivity index is 1.92. The summed E-state index contributed by atoms with van der Waals surface area (Å²) in [5.74, 6) is -0.0979. The van der Waals surface area contributed by atoms with Gasteiger partial charge in [0.2, 0.25) is 5.91 Å². The maximum atomic E-state index is 12.1. The van der Waals surface area contributed by atoms with Crippen LogP contribution >= 0.6 is 0 Å². The molecule has 0 aliphatic heterocycles. The van der Waals surface area contributed by atoms with Crippen LogP contribution in [0.1, 0.15) is 11.3 Å². The Labute approximate surface area is 132 Å². The highest BCUT2D eigenvalue weighted by Crippen LogP contribution is 2.15. The lowest BCUT2D eigenvalue weighted by atomic mass is 10.2. The van der Waals surface area contributed by atoms with E-state index in [4.69, 9.17) is 0 Å². The average Bonchev–Trinajstić information content (AvgIpc) is 2.90. The first kappa shape index (κ1) is 16.7. The van der Waals surface area contributed by atoms with Gasteiger partial charge in [-0.1, -0.05) is 12.1 Å². The van der Waals surface area contributed by atoms with Gasteiger partial charge in [0.05, 0.1) is 12.2 Å². The monoisotopic (exact) mass is 321 g/mol. The number of aromatic nitrogens is 2. The van der Waals surface area contributed by atoms with Crippen LogP contribution in [0.4, 0.5) is 8.78 Å². The van der Waals surface area contributed by atoms with Crippen LogP contribution in [0.2, 0.25) is 0 Å². The second-order valence-electron chi connectivity index (χ2n) is 4.96. The van der Waals surface area contributed by atoms with Crippen LogP contribution in [0.15, 0.2) is 42.6 Å². The molecule has 0 aliphatic carbocycles. The largest absolute Gasteiger partial charge is 0.435 e. The zero-order chi connectivity index (χ0) is 16.8. The Morgan fingerprint density at radius 3 is 2.61 bits per heavy atom. The van der Waals surface area contributed by atoms with Gasteiger partial charge in [-0.2, -0.15) is 13.9 Å². The van der Waals surface area contributed by atoms with Gasteiger partial charge >= 0.3 is 6.61 Å². The van der Waals surface area contributed by atoms with Crippen molar-refractivity contribution in [3.05, 3.63) is 53.9 Å². The molecule has 2 rings (SSSR count). The van der Waals surface area contributed by atoms with Gasteiger partial charge in [0.15, 0.2) is 0 Å². The fourth-order valence-corrected chi connectivity index (χ4v) is 1.92. The number of likely N-dealkylation sites (N-methyl/N-ethyl adjacent to an activating group) is 1. The van der Waals surface area contributed by atoms with Gasteiger partial charge in [-0.25, -0.2) is 0 Å². The number of halogens is 2. The van der Waals surface area contributed by atoms with Crippen molar-refractivity contribution < 1.29 is 18.3 Å². The zero-order valence-corrected chi connectivity index (χ0v) is 12.8. The molecule has 5 nitrogen and oxygen atoms in total. The molecule has 0 unspecified atom stereocenters. The molecule has 0 atom stereocenters. The van der Waals surface area contributed by atoms with E-state index in [9.17, 15) is 13.6 Å². The van der Waals surface area contributed by atoms with E-state index >= 15 is 0 Å². The highest BCUT2D eigenvalue weighted by Gasteiger charge is 2.07. The molecule has 0 spiro atoms. The van der Waals surface area contributed by atoms with Crippen LogP contribution in [-0.4, -0.2) is 34.2 Å². The van der Waals surface area contributed by atoms with Gasteiger partial charge in [0.25, 0.3) is 0 Å². The van der Waals surface area contributed by atoms with E-state index in [1.807, 2.05) is 19.3 Å². The molecule has 0 radical (unpaired) electrons. The highest BCUT2D eigenvalue weighted by molar-refractivity contribution is 5.91. The van der Waals surface area contributed by atoms with Gasteiger partial charge < -0.3 is 9.64 Å². The minimum atomic E-state index is -2.85. The molecule has 122 valence electrons. The van der Waals surface area contributed by atoms with E-state index in [0.29, 0.717) is 12.1 Å². The minimum Gasteiger partial charge on any atom is -0.435 e. The molecule has 0 aliphatic rings. The van der Waals surface area contributed by atoms with E-state index in [1.165, 1.54) is 23.1 Å². The first-order chi connectivity index (χ1) is 10.9. The molecule has 0 bridgehead atoms. The molecule has 23 heavy (non-hydrogen) atoms. The van der Waals surface area contributed by atoms with Crippen LogP contribution < -0.4 is 4.74 Å². The fraction of sp³-hybridized carbons (Fsp3) is 0.250. The lowest BCUT2D eigenvalue weighted by Gasteiger charge is -2.13. The Bertz CT molecular complexity index is 681. The van der Waals surface area contributed by atoms with E-state index in [-0.39, 0.29) is 11.7 Å². The number of aryl methyl sites for hydroxylation is 1. The van der Waals surface area contributed by atoms with Crippen molar-refractivity contribution in [2.24, 2.45) is 7.05 Å². The molecule has 7 heteroatoms. The van der Waals surface area contributed by atoms with Crippen LogP contribution in [0.3, 0.4) is 0 Å². The number of hydrogen-bond acceptors (Lipinski definition) is 3. The Kier molecular flexibility index (Phi) is 5.46. The number of rotatable bonds is 6. The molecule has 2 aromatic rings. The smallest absolute Gasteiger partial charge is 0.387 e. The summed E-state index contributed by atoms with van der Waals surface area (Å²) in [6.07, 6.45) is 4.85. The van der Waals surface area contributed by atoms with Crippen LogP contribution in [0.25, 0.3) is 6.08 Å². The summed E-state index contributed by atoms with van der Waals surface area (Å²) >= 11 is 0. The number of hydrogen-bond donors (Lipinski definition) is 0. The lowest BCUT2D eigenvalue weighted by molar-refractivity contribution is -0.125. The fourth-order valence-electron chi connectivity index (χ4n) is 1.92. The average molecular weight is 321 g/mol. The molecule has 0 fully saturated rings. The molecule has 1 aromatic heterocycles. The zero-order valence-electron chi connectivity index (χ0n) is 12.8. The van der Waals surface area contributed by atoms with Gasteiger partial charge in [-0.15, -0.1) is 0 Å². The summed E-state index contributed by atoms with van der Waals surface area (Å²) in [7, 11) is 3.49.